The summed E-state index contributed by atoms with van der Waals surface area (Å²) in [6, 6.07) is 21.9. The van der Waals surface area contributed by atoms with Crippen molar-refractivity contribution >= 4 is 33.3 Å². The van der Waals surface area contributed by atoms with E-state index in [9.17, 15) is 18.0 Å². The number of anilines is 2. The van der Waals surface area contributed by atoms with Crippen LogP contribution in [0.1, 0.15) is 29.8 Å². The van der Waals surface area contributed by atoms with Gasteiger partial charge in [-0.1, -0.05) is 42.5 Å². The maximum Gasteiger partial charge on any atom is 0.338 e. The molecule has 4 rings (SSSR count). The van der Waals surface area contributed by atoms with Crippen LogP contribution in [-0.4, -0.2) is 39.5 Å². The van der Waals surface area contributed by atoms with Crippen LogP contribution in [0.3, 0.4) is 0 Å². The summed E-state index contributed by atoms with van der Waals surface area (Å²) in [5.41, 5.74) is 2.34. The zero-order valence-electron chi connectivity index (χ0n) is 19.2. The van der Waals surface area contributed by atoms with Gasteiger partial charge in [0.1, 0.15) is 0 Å². The van der Waals surface area contributed by atoms with Crippen LogP contribution < -0.4 is 9.21 Å². The minimum atomic E-state index is -3.90. The number of benzene rings is 3. The SMILES string of the molecule is C[C@@H](OC(=O)c1cccc(S(=O)(=O)N2c3ccccc3C[C@@H]2C)c1)C(=O)N(C)c1ccccc1. The first-order chi connectivity index (χ1) is 16.2. The Kier molecular flexibility index (Phi) is 6.43. The minimum absolute atomic E-state index is 0.00844. The average molecular weight is 479 g/mol. The zero-order valence-corrected chi connectivity index (χ0v) is 20.0. The van der Waals surface area contributed by atoms with Gasteiger partial charge in [0.2, 0.25) is 0 Å². The van der Waals surface area contributed by atoms with Gasteiger partial charge in [0.05, 0.1) is 16.1 Å². The van der Waals surface area contributed by atoms with Crippen molar-refractivity contribution in [1.29, 1.82) is 0 Å². The summed E-state index contributed by atoms with van der Waals surface area (Å²) in [6.45, 7) is 3.34. The molecule has 2 atom stereocenters. The number of likely N-dealkylation sites (N-methyl/N-ethyl adjacent to an activating group) is 1. The van der Waals surface area contributed by atoms with Crippen LogP contribution in [0.25, 0.3) is 0 Å². The number of hydrogen-bond donors (Lipinski definition) is 0. The fourth-order valence-electron chi connectivity index (χ4n) is 4.13. The van der Waals surface area contributed by atoms with E-state index >= 15 is 0 Å². The summed E-state index contributed by atoms with van der Waals surface area (Å²) in [6.07, 6.45) is -0.436. The lowest BCUT2D eigenvalue weighted by molar-refractivity contribution is -0.126. The third-order valence-corrected chi connectivity index (χ3v) is 7.80. The van der Waals surface area contributed by atoms with Crippen molar-refractivity contribution in [2.75, 3.05) is 16.3 Å². The number of esters is 1. The largest absolute Gasteiger partial charge is 0.449 e. The Morgan fingerprint density at radius 2 is 1.68 bits per heavy atom. The molecule has 1 heterocycles. The molecule has 1 aliphatic heterocycles. The molecule has 0 unspecified atom stereocenters. The number of para-hydroxylation sites is 2. The molecule has 0 bridgehead atoms. The Hall–Kier alpha value is -3.65. The minimum Gasteiger partial charge on any atom is -0.449 e. The first-order valence-electron chi connectivity index (χ1n) is 11.0. The average Bonchev–Trinajstić information content (AvgIpc) is 3.20. The lowest BCUT2D eigenvalue weighted by Crippen LogP contribution is -2.37. The van der Waals surface area contributed by atoms with Gasteiger partial charge in [-0.15, -0.1) is 0 Å². The van der Waals surface area contributed by atoms with Crippen LogP contribution in [-0.2, 0) is 26.0 Å². The molecule has 8 heteroatoms. The molecule has 0 saturated heterocycles. The van der Waals surface area contributed by atoms with E-state index in [-0.39, 0.29) is 16.5 Å². The summed E-state index contributed by atoms with van der Waals surface area (Å²) in [7, 11) is -2.30. The standard InChI is InChI=1S/C26H26N2O5S/c1-18-16-20-10-7-8-15-24(20)28(18)34(31,32)23-14-9-11-21(17-23)26(30)33-19(2)25(29)27(3)22-12-5-4-6-13-22/h4-15,17-19H,16H2,1-3H3/t18-,19+/m0/s1. The smallest absolute Gasteiger partial charge is 0.338 e. The normalized spacial score (nSPS) is 16.0. The van der Waals surface area contributed by atoms with Crippen LogP contribution in [0.2, 0.25) is 0 Å². The second kappa shape index (κ2) is 9.30. The Balaban J connectivity index is 1.53. The number of hydrogen-bond acceptors (Lipinski definition) is 5. The number of nitrogens with zero attached hydrogens (tertiary/aromatic N) is 2. The van der Waals surface area contributed by atoms with Gasteiger partial charge in [-0.3, -0.25) is 9.10 Å². The van der Waals surface area contributed by atoms with Crippen LogP contribution in [0.4, 0.5) is 11.4 Å². The summed E-state index contributed by atoms with van der Waals surface area (Å²) in [4.78, 5) is 26.9. The number of rotatable bonds is 6. The van der Waals surface area contributed by atoms with E-state index in [1.54, 1.807) is 43.4 Å². The lowest BCUT2D eigenvalue weighted by Gasteiger charge is -2.24. The molecule has 34 heavy (non-hydrogen) atoms. The maximum absolute atomic E-state index is 13.5. The van der Waals surface area contributed by atoms with Gasteiger partial charge in [-0.05, 0) is 62.2 Å². The predicted molar refractivity (Wildman–Crippen MR) is 130 cm³/mol. The monoisotopic (exact) mass is 478 g/mol. The highest BCUT2D eigenvalue weighted by molar-refractivity contribution is 7.92. The highest BCUT2D eigenvalue weighted by Crippen LogP contribution is 2.36. The molecule has 1 amide bonds. The van der Waals surface area contributed by atoms with E-state index in [2.05, 4.69) is 0 Å². The third kappa shape index (κ3) is 4.41. The molecule has 0 saturated carbocycles. The van der Waals surface area contributed by atoms with E-state index in [0.29, 0.717) is 17.8 Å². The van der Waals surface area contributed by atoms with Crippen molar-refractivity contribution in [3.63, 3.8) is 0 Å². The fraction of sp³-hybridized carbons (Fsp3) is 0.231. The quantitative estimate of drug-likeness (QED) is 0.500. The van der Waals surface area contributed by atoms with Crippen LogP contribution in [0.5, 0.6) is 0 Å². The molecular formula is C26H26N2O5S. The third-order valence-electron chi connectivity index (χ3n) is 5.88. The van der Waals surface area contributed by atoms with Crippen molar-refractivity contribution in [3.8, 4) is 0 Å². The summed E-state index contributed by atoms with van der Waals surface area (Å²) < 4.78 is 33.7. The number of fused-ring (bicyclic) bond motifs is 1. The molecule has 0 fully saturated rings. The summed E-state index contributed by atoms with van der Waals surface area (Å²) in [5, 5.41) is 0. The molecule has 0 N–H and O–H groups in total. The van der Waals surface area contributed by atoms with E-state index in [1.807, 2.05) is 25.1 Å². The molecule has 176 valence electrons. The topological polar surface area (TPSA) is 84.0 Å². The molecular weight excluding hydrogens is 452 g/mol. The Labute approximate surface area is 199 Å². The lowest BCUT2D eigenvalue weighted by atomic mass is 10.1. The van der Waals surface area contributed by atoms with Gasteiger partial charge in [-0.2, -0.15) is 0 Å². The Morgan fingerprint density at radius 1 is 1.00 bits per heavy atom. The van der Waals surface area contributed by atoms with Crippen molar-refractivity contribution in [2.45, 2.75) is 37.3 Å². The van der Waals surface area contributed by atoms with Gasteiger partial charge >= 0.3 is 5.97 Å². The summed E-state index contributed by atoms with van der Waals surface area (Å²) >= 11 is 0. The Bertz CT molecular complexity index is 1320. The van der Waals surface area contributed by atoms with Gasteiger partial charge in [0.15, 0.2) is 6.10 Å². The van der Waals surface area contributed by atoms with Crippen molar-refractivity contribution in [3.05, 3.63) is 90.0 Å². The highest BCUT2D eigenvalue weighted by Gasteiger charge is 2.36. The van der Waals surface area contributed by atoms with E-state index in [4.69, 9.17) is 4.74 Å². The highest BCUT2D eigenvalue weighted by atomic mass is 32.2. The molecule has 1 aliphatic rings. The molecule has 7 nitrogen and oxygen atoms in total. The number of sulfonamides is 1. The van der Waals surface area contributed by atoms with E-state index < -0.39 is 28.0 Å². The Morgan fingerprint density at radius 3 is 2.41 bits per heavy atom. The van der Waals surface area contributed by atoms with Crippen LogP contribution in [0.15, 0.2) is 83.8 Å². The molecule has 3 aromatic carbocycles. The second-order valence-corrected chi connectivity index (χ2v) is 10.1. The van der Waals surface area contributed by atoms with Crippen molar-refractivity contribution < 1.29 is 22.7 Å². The van der Waals surface area contributed by atoms with Crippen molar-refractivity contribution in [1.82, 2.24) is 0 Å². The van der Waals surface area contributed by atoms with Gasteiger partial charge in [0.25, 0.3) is 15.9 Å². The number of carbonyl (C=O) groups excluding carboxylic acids is 2. The van der Waals surface area contributed by atoms with E-state index in [0.717, 1.165) is 5.56 Å². The maximum atomic E-state index is 13.5. The second-order valence-electron chi connectivity index (χ2n) is 8.29. The zero-order chi connectivity index (χ0) is 24.5. The molecule has 0 spiro atoms. The predicted octanol–water partition coefficient (Wildman–Crippen LogP) is 4.03. The van der Waals surface area contributed by atoms with Gasteiger partial charge < -0.3 is 9.64 Å². The molecule has 3 aromatic rings. The first-order valence-corrected chi connectivity index (χ1v) is 12.4. The van der Waals surface area contributed by atoms with Crippen molar-refractivity contribution in [2.24, 2.45) is 0 Å². The first kappa shape index (κ1) is 23.5. The van der Waals surface area contributed by atoms with Gasteiger partial charge in [0, 0.05) is 18.8 Å². The molecule has 0 aliphatic carbocycles. The van der Waals surface area contributed by atoms with Gasteiger partial charge in [-0.25, -0.2) is 13.2 Å². The fourth-order valence-corrected chi connectivity index (χ4v) is 5.87. The number of amides is 1. The number of carbonyl (C=O) groups is 2. The summed E-state index contributed by atoms with van der Waals surface area (Å²) in [5.74, 6) is -1.17. The van der Waals surface area contributed by atoms with Crippen LogP contribution in [0, 0.1) is 0 Å². The number of ether oxygens (including phenoxy) is 1. The molecule has 0 aromatic heterocycles. The molecule has 0 radical (unpaired) electrons. The van der Waals surface area contributed by atoms with Crippen LogP contribution >= 0.6 is 0 Å². The van der Waals surface area contributed by atoms with E-state index in [1.165, 1.54) is 40.4 Å².